The molecule has 2 rings (SSSR count). The van der Waals surface area contributed by atoms with Gasteiger partial charge in [0.05, 0.1) is 18.8 Å². The molecule has 0 heterocycles. The van der Waals surface area contributed by atoms with Crippen LogP contribution < -0.4 is 15.2 Å². The molecule has 1 amide bonds. The lowest BCUT2D eigenvalue weighted by molar-refractivity contribution is 0.0991. The zero-order valence-electron chi connectivity index (χ0n) is 10.3. The minimum absolute atomic E-state index is 0.0785. The molecule has 18 heavy (non-hydrogen) atoms. The Balaban J connectivity index is 2.21. The van der Waals surface area contributed by atoms with Crippen molar-refractivity contribution in [1.29, 1.82) is 0 Å². The van der Waals surface area contributed by atoms with Gasteiger partial charge in [0.15, 0.2) is 0 Å². The Hall–Kier alpha value is -1.75. The minimum Gasteiger partial charge on any atom is -0.497 e. The monoisotopic (exact) mass is 251 g/mol. The molecule has 2 atom stereocenters. The standard InChI is InChI=1S/C13H17NO4/c1-17-9-4-5-11(13(14)16)12(7-9)18-10-3-2-8(15)6-10/h4-5,7-8,10,15H,2-3,6H2,1H3,(H2,14,16). The maximum Gasteiger partial charge on any atom is 0.252 e. The fourth-order valence-electron chi connectivity index (χ4n) is 2.13. The van der Waals surface area contributed by atoms with E-state index in [1.54, 1.807) is 25.3 Å². The molecular weight excluding hydrogens is 234 g/mol. The van der Waals surface area contributed by atoms with Crippen LogP contribution in [0.5, 0.6) is 11.5 Å². The summed E-state index contributed by atoms with van der Waals surface area (Å²) >= 11 is 0. The Morgan fingerprint density at radius 3 is 2.78 bits per heavy atom. The van der Waals surface area contributed by atoms with Gasteiger partial charge < -0.3 is 20.3 Å². The Labute approximate surface area is 106 Å². The van der Waals surface area contributed by atoms with Crippen molar-refractivity contribution in [3.8, 4) is 11.5 Å². The molecule has 0 saturated heterocycles. The van der Waals surface area contributed by atoms with E-state index in [2.05, 4.69) is 0 Å². The van der Waals surface area contributed by atoms with Crippen molar-refractivity contribution < 1.29 is 19.4 Å². The summed E-state index contributed by atoms with van der Waals surface area (Å²) in [6.45, 7) is 0. The number of nitrogens with two attached hydrogens (primary N) is 1. The van der Waals surface area contributed by atoms with Gasteiger partial charge >= 0.3 is 0 Å². The third kappa shape index (κ3) is 2.73. The summed E-state index contributed by atoms with van der Waals surface area (Å²) in [5, 5.41) is 9.46. The van der Waals surface area contributed by atoms with E-state index in [9.17, 15) is 9.90 Å². The highest BCUT2D eigenvalue weighted by Crippen LogP contribution is 2.29. The topological polar surface area (TPSA) is 81.8 Å². The lowest BCUT2D eigenvalue weighted by atomic mass is 10.1. The number of methoxy groups -OCH3 is 1. The van der Waals surface area contributed by atoms with E-state index in [1.165, 1.54) is 0 Å². The molecular formula is C13H17NO4. The predicted octanol–water partition coefficient (Wildman–Crippen LogP) is 1.09. The van der Waals surface area contributed by atoms with Crippen LogP contribution in [-0.2, 0) is 0 Å². The summed E-state index contributed by atoms with van der Waals surface area (Å²) in [4.78, 5) is 11.3. The molecule has 2 unspecified atom stereocenters. The van der Waals surface area contributed by atoms with Crippen LogP contribution in [0.3, 0.4) is 0 Å². The molecule has 1 aliphatic carbocycles. The molecule has 0 radical (unpaired) electrons. The second-order valence-corrected chi connectivity index (χ2v) is 4.43. The van der Waals surface area contributed by atoms with E-state index in [-0.39, 0.29) is 12.2 Å². The fraction of sp³-hybridized carbons (Fsp3) is 0.462. The molecule has 0 spiro atoms. The first kappa shape index (κ1) is 12.7. The third-order valence-corrected chi connectivity index (χ3v) is 3.10. The number of primary amides is 1. The number of aliphatic hydroxyl groups excluding tert-OH is 1. The highest BCUT2D eigenvalue weighted by Gasteiger charge is 2.25. The van der Waals surface area contributed by atoms with Gasteiger partial charge in [-0.15, -0.1) is 0 Å². The largest absolute Gasteiger partial charge is 0.497 e. The summed E-state index contributed by atoms with van der Waals surface area (Å²) in [5.41, 5.74) is 5.63. The highest BCUT2D eigenvalue weighted by atomic mass is 16.5. The first-order valence-electron chi connectivity index (χ1n) is 5.92. The molecule has 5 nitrogen and oxygen atoms in total. The number of amides is 1. The van der Waals surface area contributed by atoms with Gasteiger partial charge in [-0.25, -0.2) is 0 Å². The van der Waals surface area contributed by atoms with Gasteiger partial charge in [0.25, 0.3) is 5.91 Å². The number of benzene rings is 1. The number of aliphatic hydroxyl groups is 1. The summed E-state index contributed by atoms with van der Waals surface area (Å²) in [5.74, 6) is 0.487. The number of carbonyl (C=O) groups is 1. The maximum absolute atomic E-state index is 11.3. The molecule has 1 saturated carbocycles. The molecule has 3 N–H and O–H groups in total. The van der Waals surface area contributed by atoms with Gasteiger partial charge in [0.1, 0.15) is 17.6 Å². The lowest BCUT2D eigenvalue weighted by Crippen LogP contribution is -2.18. The molecule has 0 bridgehead atoms. The summed E-state index contributed by atoms with van der Waals surface area (Å²) < 4.78 is 10.8. The van der Waals surface area contributed by atoms with Crippen molar-refractivity contribution in [2.24, 2.45) is 5.73 Å². The molecule has 98 valence electrons. The van der Waals surface area contributed by atoms with Crippen LogP contribution in [0.1, 0.15) is 29.6 Å². The quantitative estimate of drug-likeness (QED) is 0.839. The average molecular weight is 251 g/mol. The third-order valence-electron chi connectivity index (χ3n) is 3.10. The van der Waals surface area contributed by atoms with Crippen molar-refractivity contribution in [2.75, 3.05) is 7.11 Å². The second-order valence-electron chi connectivity index (χ2n) is 4.43. The normalized spacial score (nSPS) is 22.8. The van der Waals surface area contributed by atoms with Gasteiger partial charge in [0.2, 0.25) is 0 Å². The number of carbonyl (C=O) groups excluding carboxylic acids is 1. The Bertz CT molecular complexity index is 447. The molecule has 0 aliphatic heterocycles. The first-order valence-corrected chi connectivity index (χ1v) is 5.92. The van der Waals surface area contributed by atoms with Gasteiger partial charge in [-0.1, -0.05) is 0 Å². The molecule has 0 aromatic heterocycles. The Kier molecular flexibility index (Phi) is 3.72. The van der Waals surface area contributed by atoms with Gasteiger partial charge in [-0.2, -0.15) is 0 Å². The number of hydrogen-bond donors (Lipinski definition) is 2. The number of rotatable bonds is 4. The van der Waals surface area contributed by atoms with Crippen molar-refractivity contribution in [3.63, 3.8) is 0 Å². The van der Waals surface area contributed by atoms with Crippen molar-refractivity contribution in [2.45, 2.75) is 31.5 Å². The van der Waals surface area contributed by atoms with E-state index >= 15 is 0 Å². The molecule has 1 aromatic rings. The van der Waals surface area contributed by atoms with Crippen LogP contribution in [0.25, 0.3) is 0 Å². The van der Waals surface area contributed by atoms with Crippen LogP contribution in [0.4, 0.5) is 0 Å². The highest BCUT2D eigenvalue weighted by molar-refractivity contribution is 5.95. The SMILES string of the molecule is COc1ccc(C(N)=O)c(OC2CCC(O)C2)c1. The average Bonchev–Trinajstić information content (AvgIpc) is 2.74. The second kappa shape index (κ2) is 5.27. The zero-order valence-corrected chi connectivity index (χ0v) is 10.3. The number of ether oxygens (including phenoxy) is 2. The lowest BCUT2D eigenvalue weighted by Gasteiger charge is -2.16. The van der Waals surface area contributed by atoms with Crippen LogP contribution >= 0.6 is 0 Å². The zero-order chi connectivity index (χ0) is 13.1. The van der Waals surface area contributed by atoms with E-state index in [0.717, 1.165) is 12.8 Å². The van der Waals surface area contributed by atoms with Gasteiger partial charge in [-0.05, 0) is 25.0 Å². The van der Waals surface area contributed by atoms with Crippen molar-refractivity contribution >= 4 is 5.91 Å². The van der Waals surface area contributed by atoms with Crippen LogP contribution in [-0.4, -0.2) is 30.3 Å². The van der Waals surface area contributed by atoms with Crippen molar-refractivity contribution in [3.05, 3.63) is 23.8 Å². The Morgan fingerprint density at radius 2 is 2.22 bits per heavy atom. The minimum atomic E-state index is -0.536. The van der Waals surface area contributed by atoms with E-state index in [4.69, 9.17) is 15.2 Å². The van der Waals surface area contributed by atoms with Crippen molar-refractivity contribution in [1.82, 2.24) is 0 Å². The molecule has 1 aromatic carbocycles. The smallest absolute Gasteiger partial charge is 0.252 e. The van der Waals surface area contributed by atoms with E-state index < -0.39 is 5.91 Å². The van der Waals surface area contributed by atoms with Crippen LogP contribution in [0.15, 0.2) is 18.2 Å². The summed E-state index contributed by atoms with van der Waals surface area (Å²) in [7, 11) is 1.54. The molecule has 5 heteroatoms. The maximum atomic E-state index is 11.3. The first-order chi connectivity index (χ1) is 8.60. The summed E-state index contributed by atoms with van der Waals surface area (Å²) in [6, 6.07) is 4.89. The van der Waals surface area contributed by atoms with Crippen LogP contribution in [0.2, 0.25) is 0 Å². The fourth-order valence-corrected chi connectivity index (χ4v) is 2.13. The van der Waals surface area contributed by atoms with E-state index in [0.29, 0.717) is 23.5 Å². The van der Waals surface area contributed by atoms with Gasteiger partial charge in [-0.3, -0.25) is 4.79 Å². The summed E-state index contributed by atoms with van der Waals surface area (Å²) in [6.07, 6.45) is 1.68. The number of hydrogen-bond acceptors (Lipinski definition) is 4. The molecule has 1 aliphatic rings. The predicted molar refractivity (Wildman–Crippen MR) is 65.8 cm³/mol. The molecule has 1 fully saturated rings. The van der Waals surface area contributed by atoms with Gasteiger partial charge in [0, 0.05) is 12.5 Å². The Morgan fingerprint density at radius 1 is 1.44 bits per heavy atom. The van der Waals surface area contributed by atoms with Crippen LogP contribution in [0, 0.1) is 0 Å². The van der Waals surface area contributed by atoms with E-state index in [1.807, 2.05) is 0 Å².